The lowest BCUT2D eigenvalue weighted by molar-refractivity contribution is 0.564. The Morgan fingerprint density at radius 3 is 3.13 bits per heavy atom. The summed E-state index contributed by atoms with van der Waals surface area (Å²) in [6.45, 7) is 1.99. The molecule has 2 aromatic heterocycles. The van der Waals surface area contributed by atoms with Gasteiger partial charge in [0.25, 0.3) is 5.56 Å². The smallest absolute Gasteiger partial charge is 0.272 e. The molecule has 0 aliphatic carbocycles. The van der Waals surface area contributed by atoms with E-state index in [0.717, 1.165) is 30.4 Å². The van der Waals surface area contributed by atoms with Crippen molar-refractivity contribution < 1.29 is 0 Å². The second-order valence-corrected chi connectivity index (χ2v) is 3.98. The van der Waals surface area contributed by atoms with Crippen LogP contribution in [0.4, 0.5) is 0 Å². The van der Waals surface area contributed by atoms with Gasteiger partial charge in [0, 0.05) is 30.4 Å². The number of aromatic amines is 1. The van der Waals surface area contributed by atoms with Crippen molar-refractivity contribution >= 4 is 10.9 Å². The number of aromatic nitrogens is 2. The molecule has 3 rings (SSSR count). The number of fused-ring (bicyclic) bond motifs is 1. The molecule has 1 atom stereocenters. The third-order valence-corrected chi connectivity index (χ3v) is 3.07. The fourth-order valence-electron chi connectivity index (χ4n) is 2.30. The van der Waals surface area contributed by atoms with Gasteiger partial charge in [0.2, 0.25) is 0 Å². The molecule has 15 heavy (non-hydrogen) atoms. The molecule has 1 fully saturated rings. The molecule has 0 bridgehead atoms. The van der Waals surface area contributed by atoms with Crippen molar-refractivity contribution in [3.63, 3.8) is 0 Å². The minimum absolute atomic E-state index is 0.00407. The van der Waals surface area contributed by atoms with Crippen molar-refractivity contribution in [2.24, 2.45) is 0 Å². The van der Waals surface area contributed by atoms with Crippen molar-refractivity contribution in [1.29, 1.82) is 0 Å². The maximum absolute atomic E-state index is 11.7. The lowest BCUT2D eigenvalue weighted by Crippen LogP contribution is -2.16. The summed E-state index contributed by atoms with van der Waals surface area (Å²) < 4.78 is 2.09. The lowest BCUT2D eigenvalue weighted by Gasteiger charge is -2.11. The average molecular weight is 203 g/mol. The predicted molar refractivity (Wildman–Crippen MR) is 59.1 cm³/mol. The number of H-pyrrole nitrogens is 1. The highest BCUT2D eigenvalue weighted by Crippen LogP contribution is 2.20. The van der Waals surface area contributed by atoms with Crippen LogP contribution < -0.4 is 10.9 Å². The number of hydrogen-bond acceptors (Lipinski definition) is 2. The maximum Gasteiger partial charge on any atom is 0.272 e. The fraction of sp³-hybridized carbons (Fsp3) is 0.364. The molecule has 0 saturated carbocycles. The Labute approximate surface area is 86.9 Å². The molecule has 0 radical (unpaired) electrons. The first-order valence-corrected chi connectivity index (χ1v) is 5.25. The largest absolute Gasteiger partial charge is 0.339 e. The third-order valence-electron chi connectivity index (χ3n) is 3.07. The van der Waals surface area contributed by atoms with Crippen LogP contribution in [0.5, 0.6) is 0 Å². The quantitative estimate of drug-likeness (QED) is 0.722. The van der Waals surface area contributed by atoms with Crippen molar-refractivity contribution in [2.75, 3.05) is 13.1 Å². The molecular weight excluding hydrogens is 190 g/mol. The van der Waals surface area contributed by atoms with E-state index in [1.165, 1.54) is 0 Å². The predicted octanol–water partition coefficient (Wildman–Crippen LogP) is 0.864. The van der Waals surface area contributed by atoms with Crippen LogP contribution in [-0.2, 0) is 0 Å². The number of nitrogens with one attached hydrogen (secondary N) is 2. The summed E-state index contributed by atoms with van der Waals surface area (Å²) in [4.78, 5) is 14.4. The molecule has 0 aromatic carbocycles. The molecule has 2 aromatic rings. The summed E-state index contributed by atoms with van der Waals surface area (Å²) in [6, 6.07) is 4.37. The first-order chi connectivity index (χ1) is 7.36. The number of pyridine rings is 1. The minimum atomic E-state index is 0.00407. The maximum atomic E-state index is 11.7. The van der Waals surface area contributed by atoms with Gasteiger partial charge in [0.15, 0.2) is 0 Å². The van der Waals surface area contributed by atoms with Gasteiger partial charge in [-0.1, -0.05) is 0 Å². The second kappa shape index (κ2) is 3.24. The summed E-state index contributed by atoms with van der Waals surface area (Å²) in [5.74, 6) is 0. The fourth-order valence-corrected chi connectivity index (χ4v) is 2.30. The average Bonchev–Trinajstić information content (AvgIpc) is 2.85. The van der Waals surface area contributed by atoms with Gasteiger partial charge < -0.3 is 14.9 Å². The molecule has 1 saturated heterocycles. The summed E-state index contributed by atoms with van der Waals surface area (Å²) in [5.41, 5.74) is 0.801. The highest BCUT2D eigenvalue weighted by molar-refractivity contribution is 5.78. The molecule has 1 unspecified atom stereocenters. The Balaban J connectivity index is 2.22. The van der Waals surface area contributed by atoms with Gasteiger partial charge in [-0.2, -0.15) is 0 Å². The first-order valence-electron chi connectivity index (χ1n) is 5.25. The second-order valence-electron chi connectivity index (χ2n) is 3.98. The first kappa shape index (κ1) is 8.73. The van der Waals surface area contributed by atoms with Gasteiger partial charge >= 0.3 is 0 Å². The van der Waals surface area contributed by atoms with Gasteiger partial charge in [-0.25, -0.2) is 0 Å². The van der Waals surface area contributed by atoms with Crippen LogP contribution in [0, 0.1) is 0 Å². The van der Waals surface area contributed by atoms with Crippen LogP contribution in [0.2, 0.25) is 0 Å². The number of nitrogens with zero attached hydrogens (tertiary/aromatic N) is 1. The highest BCUT2D eigenvalue weighted by Gasteiger charge is 2.18. The van der Waals surface area contributed by atoms with Crippen LogP contribution in [0.1, 0.15) is 12.5 Å². The zero-order chi connectivity index (χ0) is 10.3. The molecule has 0 amide bonds. The minimum Gasteiger partial charge on any atom is -0.339 e. The van der Waals surface area contributed by atoms with Crippen molar-refractivity contribution in [2.45, 2.75) is 12.5 Å². The van der Waals surface area contributed by atoms with Gasteiger partial charge in [-0.3, -0.25) is 4.79 Å². The van der Waals surface area contributed by atoms with E-state index in [9.17, 15) is 4.79 Å². The Hall–Kier alpha value is -1.55. The SMILES string of the molecule is O=c1[nH]ccc2ccn(C3CCNC3)c12. The van der Waals surface area contributed by atoms with Crippen molar-refractivity contribution in [3.05, 3.63) is 34.9 Å². The van der Waals surface area contributed by atoms with Crippen LogP contribution in [0.3, 0.4) is 0 Å². The zero-order valence-electron chi connectivity index (χ0n) is 8.36. The van der Waals surface area contributed by atoms with Crippen LogP contribution in [0.25, 0.3) is 10.9 Å². The van der Waals surface area contributed by atoms with E-state index < -0.39 is 0 Å². The van der Waals surface area contributed by atoms with E-state index in [4.69, 9.17) is 0 Å². The van der Waals surface area contributed by atoms with E-state index >= 15 is 0 Å². The Morgan fingerprint density at radius 1 is 1.40 bits per heavy atom. The van der Waals surface area contributed by atoms with Crippen LogP contribution in [-0.4, -0.2) is 22.6 Å². The molecule has 2 N–H and O–H groups in total. The van der Waals surface area contributed by atoms with E-state index in [0.29, 0.717) is 6.04 Å². The molecule has 3 heterocycles. The summed E-state index contributed by atoms with van der Waals surface area (Å²) in [5, 5.41) is 4.33. The third kappa shape index (κ3) is 1.29. The molecule has 1 aliphatic heterocycles. The number of rotatable bonds is 1. The molecular formula is C11H13N3O. The summed E-state index contributed by atoms with van der Waals surface area (Å²) in [6.07, 6.45) is 4.80. The van der Waals surface area contributed by atoms with E-state index in [1.54, 1.807) is 6.20 Å². The van der Waals surface area contributed by atoms with Gasteiger partial charge in [-0.15, -0.1) is 0 Å². The monoisotopic (exact) mass is 203 g/mol. The van der Waals surface area contributed by atoms with E-state index in [-0.39, 0.29) is 5.56 Å². The Kier molecular flexibility index (Phi) is 1.89. The Morgan fingerprint density at radius 2 is 2.33 bits per heavy atom. The summed E-state index contributed by atoms with van der Waals surface area (Å²) in [7, 11) is 0. The normalized spacial score (nSPS) is 21.2. The topological polar surface area (TPSA) is 49.8 Å². The van der Waals surface area contributed by atoms with Crippen LogP contribution >= 0.6 is 0 Å². The highest BCUT2D eigenvalue weighted by atomic mass is 16.1. The summed E-state index contributed by atoms with van der Waals surface area (Å²) >= 11 is 0. The van der Waals surface area contributed by atoms with Crippen molar-refractivity contribution in [3.8, 4) is 0 Å². The van der Waals surface area contributed by atoms with E-state index in [1.807, 2.05) is 18.3 Å². The Bertz CT molecular complexity index is 534. The standard InChI is InChI=1S/C11H13N3O/c15-11-10-8(1-5-13-11)3-6-14(10)9-2-4-12-7-9/h1,3,5-6,9,12H,2,4,7H2,(H,13,15). The molecule has 1 aliphatic rings. The number of hydrogen-bond donors (Lipinski definition) is 2. The van der Waals surface area contributed by atoms with Crippen molar-refractivity contribution in [1.82, 2.24) is 14.9 Å². The molecule has 4 heteroatoms. The molecule has 78 valence electrons. The van der Waals surface area contributed by atoms with Gasteiger partial charge in [0.05, 0.1) is 0 Å². The van der Waals surface area contributed by atoms with Gasteiger partial charge in [-0.05, 0) is 25.1 Å². The van der Waals surface area contributed by atoms with E-state index in [2.05, 4.69) is 14.9 Å². The molecule has 0 spiro atoms. The molecule has 4 nitrogen and oxygen atoms in total. The lowest BCUT2D eigenvalue weighted by atomic mass is 10.2. The van der Waals surface area contributed by atoms with Gasteiger partial charge in [0.1, 0.15) is 5.52 Å². The zero-order valence-corrected chi connectivity index (χ0v) is 8.36. The van der Waals surface area contributed by atoms with Crippen LogP contribution in [0.15, 0.2) is 29.3 Å².